The van der Waals surface area contributed by atoms with E-state index >= 15 is 0 Å². The Morgan fingerprint density at radius 1 is 0.356 bits per heavy atom. The van der Waals surface area contributed by atoms with Gasteiger partial charge in [-0.3, -0.25) is 4.79 Å². The molecule has 1 unspecified atom stereocenters. The maximum absolute atomic E-state index is 11.5. The van der Waals surface area contributed by atoms with Crippen molar-refractivity contribution in [2.45, 2.75) is 258 Å². The maximum atomic E-state index is 11.5. The van der Waals surface area contributed by atoms with Gasteiger partial charge < -0.3 is 5.11 Å². The lowest BCUT2D eigenvalue weighted by atomic mass is 9.93. The van der Waals surface area contributed by atoms with E-state index in [9.17, 15) is 9.90 Å². The van der Waals surface area contributed by atoms with Crippen LogP contribution in [0.1, 0.15) is 258 Å². The van der Waals surface area contributed by atoms with Crippen LogP contribution in [0.15, 0.2) is 0 Å². The summed E-state index contributed by atoms with van der Waals surface area (Å²) in [6, 6.07) is 0. The van der Waals surface area contributed by atoms with Gasteiger partial charge in [0.25, 0.3) is 0 Å². The van der Waals surface area contributed by atoms with E-state index in [-0.39, 0.29) is 5.92 Å². The fraction of sp³-hybridized carbons (Fsp3) is 0.977. The fourth-order valence-corrected chi connectivity index (χ4v) is 7.10. The second kappa shape index (κ2) is 37.9. The minimum Gasteiger partial charge on any atom is -0.481 e. The highest BCUT2D eigenvalue weighted by Gasteiger charge is 2.16. The molecule has 2 nitrogen and oxygen atoms in total. The first kappa shape index (κ1) is 44.5. The van der Waals surface area contributed by atoms with Crippen LogP contribution >= 0.6 is 0 Å². The third kappa shape index (κ3) is 37.8. The number of carbonyl (C=O) groups is 1. The predicted molar refractivity (Wildman–Crippen MR) is 202 cm³/mol. The lowest BCUT2D eigenvalue weighted by Crippen LogP contribution is -2.13. The first-order chi connectivity index (χ1) is 22.1. The summed E-state index contributed by atoms with van der Waals surface area (Å²) in [6.45, 7) is 6.80. The summed E-state index contributed by atoms with van der Waals surface area (Å²) >= 11 is 0. The van der Waals surface area contributed by atoms with E-state index in [4.69, 9.17) is 0 Å². The Morgan fingerprint density at radius 2 is 0.556 bits per heavy atom. The molecule has 2 heteroatoms. The molecule has 0 saturated carbocycles. The SMILES string of the molecule is CCCCCCCCCCCCCCCCCCCCCCCCCCCCCCCCCCC(CCCCC(C)C)C(=O)O. The normalized spacial score (nSPS) is 12.4. The lowest BCUT2D eigenvalue weighted by Gasteiger charge is -2.12. The van der Waals surface area contributed by atoms with E-state index < -0.39 is 5.97 Å². The molecular weight excluding hydrogens is 548 g/mol. The van der Waals surface area contributed by atoms with Crippen LogP contribution in [0, 0.1) is 11.8 Å². The van der Waals surface area contributed by atoms with Crippen molar-refractivity contribution in [2.24, 2.45) is 11.8 Å². The van der Waals surface area contributed by atoms with Gasteiger partial charge in [-0.1, -0.05) is 245 Å². The number of hydrogen-bond acceptors (Lipinski definition) is 1. The van der Waals surface area contributed by atoms with Crippen molar-refractivity contribution in [3.8, 4) is 0 Å². The van der Waals surface area contributed by atoms with E-state index in [2.05, 4.69) is 20.8 Å². The van der Waals surface area contributed by atoms with E-state index in [1.165, 1.54) is 212 Å². The number of aliphatic carboxylic acids is 1. The molecule has 270 valence electrons. The molecule has 0 rings (SSSR count). The van der Waals surface area contributed by atoms with Gasteiger partial charge in [-0.05, 0) is 18.8 Å². The molecule has 0 aromatic rings. The van der Waals surface area contributed by atoms with Crippen LogP contribution in [0.2, 0.25) is 0 Å². The lowest BCUT2D eigenvalue weighted by molar-refractivity contribution is -0.142. The highest BCUT2D eigenvalue weighted by molar-refractivity contribution is 5.69. The summed E-state index contributed by atoms with van der Waals surface area (Å²) < 4.78 is 0. The molecule has 0 aliphatic heterocycles. The fourth-order valence-electron chi connectivity index (χ4n) is 7.10. The van der Waals surface area contributed by atoms with Crippen LogP contribution in [0.25, 0.3) is 0 Å². The van der Waals surface area contributed by atoms with Crippen LogP contribution in [-0.2, 0) is 4.79 Å². The van der Waals surface area contributed by atoms with Crippen molar-refractivity contribution in [1.82, 2.24) is 0 Å². The molecule has 1 atom stereocenters. The molecule has 0 heterocycles. The van der Waals surface area contributed by atoms with Gasteiger partial charge in [0.05, 0.1) is 5.92 Å². The number of carboxylic acids is 1. The topological polar surface area (TPSA) is 37.3 Å². The van der Waals surface area contributed by atoms with Gasteiger partial charge in [0, 0.05) is 0 Å². The first-order valence-electron chi connectivity index (χ1n) is 21.3. The van der Waals surface area contributed by atoms with Gasteiger partial charge in [-0.25, -0.2) is 0 Å². The van der Waals surface area contributed by atoms with Crippen molar-refractivity contribution in [2.75, 3.05) is 0 Å². The van der Waals surface area contributed by atoms with Gasteiger partial charge in [0.2, 0.25) is 0 Å². The van der Waals surface area contributed by atoms with Gasteiger partial charge >= 0.3 is 5.97 Å². The third-order valence-corrected chi connectivity index (χ3v) is 10.3. The third-order valence-electron chi connectivity index (χ3n) is 10.3. The summed E-state index contributed by atoms with van der Waals surface area (Å²) in [5.41, 5.74) is 0. The van der Waals surface area contributed by atoms with Crippen LogP contribution in [0.4, 0.5) is 0 Å². The standard InChI is InChI=1S/C43H86O2/c1-4-5-6-7-8-9-10-11-12-13-14-15-16-17-18-19-20-21-22-23-24-25-26-27-28-29-30-31-32-33-34-35-39-42(43(44)45)40-37-36-38-41(2)3/h41-42H,4-40H2,1-3H3,(H,44,45). The van der Waals surface area contributed by atoms with Gasteiger partial charge in [-0.2, -0.15) is 0 Å². The van der Waals surface area contributed by atoms with Gasteiger partial charge in [0.15, 0.2) is 0 Å². The molecule has 0 aromatic heterocycles. The average Bonchev–Trinajstić information content (AvgIpc) is 3.02. The van der Waals surface area contributed by atoms with Crippen molar-refractivity contribution in [3.05, 3.63) is 0 Å². The number of unbranched alkanes of at least 4 members (excludes halogenated alkanes) is 32. The van der Waals surface area contributed by atoms with Crippen LogP contribution in [-0.4, -0.2) is 11.1 Å². The molecule has 45 heavy (non-hydrogen) atoms. The largest absolute Gasteiger partial charge is 0.481 e. The van der Waals surface area contributed by atoms with Gasteiger partial charge in [-0.15, -0.1) is 0 Å². The molecule has 0 radical (unpaired) electrons. The molecule has 0 fully saturated rings. The summed E-state index contributed by atoms with van der Waals surface area (Å²) in [5.74, 6) is 0.0577. The molecule has 0 spiro atoms. The van der Waals surface area contributed by atoms with Crippen molar-refractivity contribution >= 4 is 5.97 Å². The van der Waals surface area contributed by atoms with E-state index in [1.54, 1.807) is 0 Å². The summed E-state index contributed by atoms with van der Waals surface area (Å²) in [6.07, 6.45) is 50.9. The Bertz CT molecular complexity index is 556. The molecular formula is C43H86O2. The first-order valence-corrected chi connectivity index (χ1v) is 21.3. The zero-order valence-corrected chi connectivity index (χ0v) is 31.7. The predicted octanol–water partition coefficient (Wildman–Crippen LogP) is 15.8. The minimum atomic E-state index is -0.569. The smallest absolute Gasteiger partial charge is 0.306 e. The second-order valence-corrected chi connectivity index (χ2v) is 15.5. The molecule has 0 aromatic carbocycles. The van der Waals surface area contributed by atoms with E-state index in [0.29, 0.717) is 0 Å². The summed E-state index contributed by atoms with van der Waals surface area (Å²) in [4.78, 5) is 11.5. The molecule has 0 aliphatic carbocycles. The van der Waals surface area contributed by atoms with Crippen LogP contribution < -0.4 is 0 Å². The average molecular weight is 635 g/mol. The highest BCUT2D eigenvalue weighted by Crippen LogP contribution is 2.21. The van der Waals surface area contributed by atoms with Crippen molar-refractivity contribution in [1.29, 1.82) is 0 Å². The Kier molecular flexibility index (Phi) is 37.5. The number of hydrogen-bond donors (Lipinski definition) is 1. The molecule has 1 N–H and O–H groups in total. The quantitative estimate of drug-likeness (QED) is 0.0683. The molecule has 0 amide bonds. The molecule has 0 bridgehead atoms. The summed E-state index contributed by atoms with van der Waals surface area (Å²) in [5, 5.41) is 9.50. The maximum Gasteiger partial charge on any atom is 0.306 e. The summed E-state index contributed by atoms with van der Waals surface area (Å²) in [7, 11) is 0. The Morgan fingerprint density at radius 3 is 0.778 bits per heavy atom. The number of rotatable bonds is 39. The second-order valence-electron chi connectivity index (χ2n) is 15.5. The molecule has 0 saturated heterocycles. The zero-order valence-electron chi connectivity index (χ0n) is 31.7. The van der Waals surface area contributed by atoms with E-state index in [0.717, 1.165) is 31.6 Å². The van der Waals surface area contributed by atoms with Crippen LogP contribution in [0.5, 0.6) is 0 Å². The van der Waals surface area contributed by atoms with Gasteiger partial charge in [0.1, 0.15) is 0 Å². The van der Waals surface area contributed by atoms with Crippen molar-refractivity contribution in [3.63, 3.8) is 0 Å². The minimum absolute atomic E-state index is 0.106. The Hall–Kier alpha value is -0.530. The monoisotopic (exact) mass is 635 g/mol. The zero-order chi connectivity index (χ0) is 32.9. The molecule has 0 aliphatic rings. The Balaban J connectivity index is 3.19. The Labute approximate surface area is 285 Å². The van der Waals surface area contributed by atoms with Crippen LogP contribution in [0.3, 0.4) is 0 Å². The highest BCUT2D eigenvalue weighted by atomic mass is 16.4. The van der Waals surface area contributed by atoms with E-state index in [1.807, 2.05) is 0 Å². The van der Waals surface area contributed by atoms with Crippen molar-refractivity contribution < 1.29 is 9.90 Å². The number of carboxylic acid groups (broad SMARTS) is 1.